The highest BCUT2D eigenvalue weighted by Crippen LogP contribution is 2.70. The molecule has 3 aromatic carbocycles. The molecule has 0 aromatic heterocycles. The van der Waals surface area contributed by atoms with Crippen LogP contribution >= 0.6 is 11.8 Å². The van der Waals surface area contributed by atoms with Crippen LogP contribution in [0.5, 0.6) is 0 Å². The summed E-state index contributed by atoms with van der Waals surface area (Å²) in [5, 5.41) is 3.18. The number of nitrogens with one attached hydrogen (secondary N) is 1. The molecular formula is C28H24N2O2S. The first-order valence-corrected chi connectivity index (χ1v) is 12.7. The summed E-state index contributed by atoms with van der Waals surface area (Å²) >= 11 is 1.87. The van der Waals surface area contributed by atoms with Crippen LogP contribution in [0.15, 0.2) is 72.8 Å². The smallest absolute Gasteiger partial charge is 0.250 e. The third-order valence-corrected chi connectivity index (χ3v) is 9.42. The Labute approximate surface area is 197 Å². The van der Waals surface area contributed by atoms with E-state index in [4.69, 9.17) is 0 Å². The van der Waals surface area contributed by atoms with Crippen molar-refractivity contribution >= 4 is 29.1 Å². The molecule has 3 aromatic rings. The number of thioether (sulfide) groups is 1. The molecule has 33 heavy (non-hydrogen) atoms. The predicted molar refractivity (Wildman–Crippen MR) is 131 cm³/mol. The van der Waals surface area contributed by atoms with E-state index in [1.54, 1.807) is 0 Å². The van der Waals surface area contributed by atoms with Crippen LogP contribution in [-0.2, 0) is 16.8 Å². The molecule has 4 atom stereocenters. The molecular weight excluding hydrogens is 428 g/mol. The lowest BCUT2D eigenvalue weighted by atomic mass is 9.58. The summed E-state index contributed by atoms with van der Waals surface area (Å²) in [4.78, 5) is 31.1. The molecule has 0 bridgehead atoms. The van der Waals surface area contributed by atoms with Crippen LogP contribution < -0.4 is 5.32 Å². The number of para-hydroxylation sites is 1. The first-order valence-electron chi connectivity index (χ1n) is 11.5. The summed E-state index contributed by atoms with van der Waals surface area (Å²) in [6, 6.07) is 24.7. The van der Waals surface area contributed by atoms with E-state index in [0.717, 1.165) is 39.6 Å². The number of fused-ring (bicyclic) bond motifs is 6. The van der Waals surface area contributed by atoms with Crippen LogP contribution in [0, 0.1) is 12.3 Å². The van der Waals surface area contributed by atoms with Gasteiger partial charge >= 0.3 is 0 Å². The van der Waals surface area contributed by atoms with E-state index in [0.29, 0.717) is 6.42 Å². The van der Waals surface area contributed by atoms with Crippen molar-refractivity contribution in [2.75, 3.05) is 16.9 Å². The van der Waals surface area contributed by atoms with E-state index in [2.05, 4.69) is 53.5 Å². The van der Waals surface area contributed by atoms with Crippen molar-refractivity contribution in [2.45, 2.75) is 30.8 Å². The van der Waals surface area contributed by atoms with Gasteiger partial charge in [0, 0.05) is 40.4 Å². The molecule has 3 aliphatic heterocycles. The Hall–Kier alpha value is -2.89. The molecule has 2 fully saturated rings. The zero-order valence-electron chi connectivity index (χ0n) is 18.4. The maximum atomic E-state index is 14.6. The summed E-state index contributed by atoms with van der Waals surface area (Å²) in [5.41, 5.74) is 4.10. The van der Waals surface area contributed by atoms with Gasteiger partial charge in [0.25, 0.3) is 5.91 Å². The SMILES string of the molecule is Cc1ccc([C@H]2[C@@H]3CSCN3[C@@]3(C(=O)Nc4ccccc43)[C@@]23Cc2ccccc2C3=O)cc1. The number of anilines is 1. The van der Waals surface area contributed by atoms with Crippen molar-refractivity contribution in [3.8, 4) is 0 Å². The van der Waals surface area contributed by atoms with Gasteiger partial charge in [0.1, 0.15) is 5.54 Å². The average Bonchev–Trinajstić information content (AvgIpc) is 3.54. The molecule has 4 aliphatic rings. The molecule has 0 saturated carbocycles. The van der Waals surface area contributed by atoms with Gasteiger partial charge in [0.2, 0.25) is 0 Å². The van der Waals surface area contributed by atoms with Gasteiger partial charge in [0.05, 0.1) is 5.41 Å². The van der Waals surface area contributed by atoms with Gasteiger partial charge in [-0.1, -0.05) is 72.3 Å². The number of carbonyl (C=O) groups excluding carboxylic acids is 2. The quantitative estimate of drug-likeness (QED) is 0.579. The second-order valence-corrected chi connectivity index (χ2v) is 10.8. The molecule has 2 saturated heterocycles. The minimum Gasteiger partial charge on any atom is -0.324 e. The lowest BCUT2D eigenvalue weighted by Crippen LogP contribution is -2.58. The monoisotopic (exact) mass is 452 g/mol. The molecule has 1 amide bonds. The van der Waals surface area contributed by atoms with Crippen molar-refractivity contribution < 1.29 is 9.59 Å². The highest BCUT2D eigenvalue weighted by Gasteiger charge is 2.78. The molecule has 0 unspecified atom stereocenters. The van der Waals surface area contributed by atoms with Crippen LogP contribution in [0.1, 0.15) is 38.5 Å². The molecule has 1 N–H and O–H groups in total. The van der Waals surface area contributed by atoms with Crippen molar-refractivity contribution in [3.05, 3.63) is 101 Å². The molecule has 4 nitrogen and oxygen atoms in total. The summed E-state index contributed by atoms with van der Waals surface area (Å²) in [7, 11) is 0. The van der Waals surface area contributed by atoms with Gasteiger partial charge in [-0.15, -0.1) is 11.8 Å². The molecule has 7 rings (SSSR count). The van der Waals surface area contributed by atoms with Crippen molar-refractivity contribution in [3.63, 3.8) is 0 Å². The summed E-state index contributed by atoms with van der Waals surface area (Å²) in [6.07, 6.45) is 0.583. The second kappa shape index (κ2) is 6.58. The summed E-state index contributed by atoms with van der Waals surface area (Å²) < 4.78 is 0. The highest BCUT2D eigenvalue weighted by molar-refractivity contribution is 7.99. The van der Waals surface area contributed by atoms with E-state index in [1.807, 2.05) is 48.2 Å². The number of aryl methyl sites for hydroxylation is 1. The van der Waals surface area contributed by atoms with E-state index in [9.17, 15) is 9.59 Å². The first kappa shape index (κ1) is 19.6. The largest absolute Gasteiger partial charge is 0.324 e. The molecule has 1 aliphatic carbocycles. The van der Waals surface area contributed by atoms with Crippen LogP contribution in [0.3, 0.4) is 0 Å². The lowest BCUT2D eigenvalue weighted by molar-refractivity contribution is -0.130. The number of Topliss-reactive ketones (excluding diaryl/α,β-unsaturated/α-hetero) is 1. The Morgan fingerprint density at radius 1 is 0.970 bits per heavy atom. The van der Waals surface area contributed by atoms with Gasteiger partial charge in [-0.25, -0.2) is 0 Å². The normalized spacial score (nSPS) is 31.8. The van der Waals surface area contributed by atoms with Crippen LogP contribution in [0.2, 0.25) is 0 Å². The lowest BCUT2D eigenvalue weighted by Gasteiger charge is -2.44. The Kier molecular flexibility index (Phi) is 3.90. The minimum absolute atomic E-state index is 0.0491. The molecule has 0 radical (unpaired) electrons. The Balaban J connectivity index is 1.58. The van der Waals surface area contributed by atoms with E-state index >= 15 is 0 Å². The number of hydrogen-bond acceptors (Lipinski definition) is 4. The Morgan fingerprint density at radius 2 is 1.73 bits per heavy atom. The average molecular weight is 453 g/mol. The fourth-order valence-corrected chi connectivity index (χ4v) is 8.50. The van der Waals surface area contributed by atoms with E-state index < -0.39 is 11.0 Å². The molecule has 5 heteroatoms. The van der Waals surface area contributed by atoms with E-state index in [1.165, 1.54) is 5.56 Å². The number of hydrogen-bond donors (Lipinski definition) is 1. The van der Waals surface area contributed by atoms with Gasteiger partial charge in [0.15, 0.2) is 5.78 Å². The van der Waals surface area contributed by atoms with Crippen LogP contribution in [-0.4, -0.2) is 34.3 Å². The van der Waals surface area contributed by atoms with E-state index in [-0.39, 0.29) is 23.7 Å². The maximum Gasteiger partial charge on any atom is 0.250 e. The van der Waals surface area contributed by atoms with Gasteiger partial charge < -0.3 is 5.32 Å². The Morgan fingerprint density at radius 3 is 2.55 bits per heavy atom. The maximum absolute atomic E-state index is 14.6. The topological polar surface area (TPSA) is 49.4 Å². The second-order valence-electron chi connectivity index (χ2n) is 9.77. The fourth-order valence-electron chi connectivity index (χ4n) is 7.20. The minimum atomic E-state index is -1.01. The van der Waals surface area contributed by atoms with Gasteiger partial charge in [-0.3, -0.25) is 14.5 Å². The fraction of sp³-hybridized carbons (Fsp3) is 0.286. The predicted octanol–water partition coefficient (Wildman–Crippen LogP) is 4.74. The number of carbonyl (C=O) groups is 2. The molecule has 2 spiro atoms. The van der Waals surface area contributed by atoms with Crippen LogP contribution in [0.25, 0.3) is 0 Å². The Bertz CT molecular complexity index is 1340. The number of rotatable bonds is 1. The number of benzene rings is 3. The molecule has 164 valence electrons. The summed E-state index contributed by atoms with van der Waals surface area (Å²) in [6.45, 7) is 2.09. The van der Waals surface area contributed by atoms with Crippen molar-refractivity contribution in [1.82, 2.24) is 4.90 Å². The zero-order valence-corrected chi connectivity index (χ0v) is 19.2. The molecule has 3 heterocycles. The third kappa shape index (κ3) is 2.18. The zero-order chi connectivity index (χ0) is 22.4. The van der Waals surface area contributed by atoms with Crippen LogP contribution in [0.4, 0.5) is 5.69 Å². The van der Waals surface area contributed by atoms with Gasteiger partial charge in [-0.05, 0) is 30.5 Å². The summed E-state index contributed by atoms with van der Waals surface area (Å²) in [5.74, 6) is 1.67. The number of ketones is 1. The first-order chi connectivity index (χ1) is 16.1. The third-order valence-electron chi connectivity index (χ3n) is 8.38. The van der Waals surface area contributed by atoms with Crippen molar-refractivity contribution in [2.24, 2.45) is 5.41 Å². The number of amides is 1. The van der Waals surface area contributed by atoms with Gasteiger partial charge in [-0.2, -0.15) is 0 Å². The van der Waals surface area contributed by atoms with Crippen molar-refractivity contribution in [1.29, 1.82) is 0 Å². The highest BCUT2D eigenvalue weighted by atomic mass is 32.2. The number of nitrogens with zero attached hydrogens (tertiary/aromatic N) is 1. The standard InChI is InChI=1S/C28H24N2O2S/c1-17-10-12-18(13-11-17)24-23-15-33-16-30(23)28(21-8-4-5-9-22(21)29-26(28)32)27(24)14-19-6-2-3-7-20(19)25(27)31/h2-13,23-24H,14-16H2,1H3,(H,29,32)/t23-,24-,27-,28-/m0/s1.